The number of carbonyl (C=O) groups excluding carboxylic acids is 1. The first-order valence-electron chi connectivity index (χ1n) is 5.78. The van der Waals surface area contributed by atoms with Gasteiger partial charge in [0, 0.05) is 6.54 Å². The van der Waals surface area contributed by atoms with E-state index in [1.54, 1.807) is 6.92 Å². The molecule has 2 rings (SSSR count). The second-order valence-electron chi connectivity index (χ2n) is 4.28. The van der Waals surface area contributed by atoms with Crippen molar-refractivity contribution in [2.75, 3.05) is 6.61 Å². The summed E-state index contributed by atoms with van der Waals surface area (Å²) in [6, 6.07) is 8.42. The van der Waals surface area contributed by atoms with E-state index in [-0.39, 0.29) is 12.5 Å². The lowest BCUT2D eigenvalue weighted by atomic mass is 10.1. The number of carboxylic acid groups (broad SMARTS) is 1. The van der Waals surface area contributed by atoms with Crippen molar-refractivity contribution in [1.29, 1.82) is 0 Å². The fourth-order valence-electron chi connectivity index (χ4n) is 1.96. The summed E-state index contributed by atoms with van der Waals surface area (Å²) < 4.78 is 5.16. The SMILES string of the molecule is CC1OCC(C(=O)O)N(Cc2ccccc2)C1=O. The molecule has 18 heavy (non-hydrogen) atoms. The second-order valence-corrected chi connectivity index (χ2v) is 4.28. The molecule has 1 fully saturated rings. The smallest absolute Gasteiger partial charge is 0.328 e. The maximum Gasteiger partial charge on any atom is 0.328 e. The van der Waals surface area contributed by atoms with Crippen molar-refractivity contribution < 1.29 is 19.4 Å². The lowest BCUT2D eigenvalue weighted by molar-refractivity contribution is -0.170. The fraction of sp³-hybridized carbons (Fsp3) is 0.385. The molecule has 2 atom stereocenters. The van der Waals surface area contributed by atoms with Gasteiger partial charge in [0.1, 0.15) is 6.10 Å². The van der Waals surface area contributed by atoms with Crippen molar-refractivity contribution >= 4 is 11.9 Å². The second kappa shape index (κ2) is 5.18. The maximum atomic E-state index is 12.0. The van der Waals surface area contributed by atoms with Gasteiger partial charge < -0.3 is 14.7 Å². The zero-order valence-electron chi connectivity index (χ0n) is 10.1. The third-order valence-corrected chi connectivity index (χ3v) is 2.99. The molecular formula is C13H15NO4. The Morgan fingerprint density at radius 3 is 2.72 bits per heavy atom. The Morgan fingerprint density at radius 1 is 1.44 bits per heavy atom. The van der Waals surface area contributed by atoms with Crippen LogP contribution in [0.25, 0.3) is 0 Å². The molecule has 0 saturated carbocycles. The van der Waals surface area contributed by atoms with Crippen LogP contribution in [0, 0.1) is 0 Å². The summed E-state index contributed by atoms with van der Waals surface area (Å²) in [4.78, 5) is 24.5. The van der Waals surface area contributed by atoms with Crippen molar-refractivity contribution in [3.8, 4) is 0 Å². The summed E-state index contributed by atoms with van der Waals surface area (Å²) in [6.45, 7) is 1.97. The van der Waals surface area contributed by atoms with Gasteiger partial charge in [0.15, 0.2) is 6.04 Å². The quantitative estimate of drug-likeness (QED) is 0.863. The predicted molar refractivity (Wildman–Crippen MR) is 63.8 cm³/mol. The minimum atomic E-state index is -1.04. The number of ether oxygens (including phenoxy) is 1. The minimum absolute atomic E-state index is 0.0368. The van der Waals surface area contributed by atoms with Crippen molar-refractivity contribution in [2.24, 2.45) is 0 Å². The summed E-state index contributed by atoms with van der Waals surface area (Å²) in [5.74, 6) is -1.32. The van der Waals surface area contributed by atoms with Gasteiger partial charge in [0.2, 0.25) is 0 Å². The Labute approximate surface area is 105 Å². The highest BCUT2D eigenvalue weighted by molar-refractivity contribution is 5.87. The number of amides is 1. The molecule has 2 unspecified atom stereocenters. The third-order valence-electron chi connectivity index (χ3n) is 2.99. The van der Waals surface area contributed by atoms with Crippen LogP contribution in [0.1, 0.15) is 12.5 Å². The summed E-state index contributed by atoms with van der Waals surface area (Å²) in [6.07, 6.45) is -0.579. The van der Waals surface area contributed by atoms with Crippen LogP contribution in [0.3, 0.4) is 0 Å². The fourth-order valence-corrected chi connectivity index (χ4v) is 1.96. The molecule has 1 aliphatic heterocycles. The van der Waals surface area contributed by atoms with Crippen LogP contribution in [0.15, 0.2) is 30.3 Å². The van der Waals surface area contributed by atoms with E-state index in [0.29, 0.717) is 6.54 Å². The maximum absolute atomic E-state index is 12.0. The molecule has 0 bridgehead atoms. The molecule has 1 N–H and O–H groups in total. The van der Waals surface area contributed by atoms with E-state index >= 15 is 0 Å². The molecule has 0 radical (unpaired) electrons. The number of carboxylic acids is 1. The number of morpholine rings is 1. The number of nitrogens with zero attached hydrogens (tertiary/aromatic N) is 1. The van der Waals surface area contributed by atoms with E-state index < -0.39 is 18.1 Å². The lowest BCUT2D eigenvalue weighted by Gasteiger charge is -2.35. The van der Waals surface area contributed by atoms with Crippen LogP contribution >= 0.6 is 0 Å². The Hall–Kier alpha value is -1.88. The Balaban J connectivity index is 2.19. The van der Waals surface area contributed by atoms with E-state index in [0.717, 1.165) is 5.56 Å². The first-order chi connectivity index (χ1) is 8.59. The highest BCUT2D eigenvalue weighted by Crippen LogP contribution is 2.17. The molecule has 1 aromatic carbocycles. The van der Waals surface area contributed by atoms with Crippen molar-refractivity contribution in [3.05, 3.63) is 35.9 Å². The number of aliphatic carboxylic acids is 1. The normalized spacial score (nSPS) is 24.1. The van der Waals surface area contributed by atoms with Gasteiger partial charge in [-0.25, -0.2) is 4.79 Å². The van der Waals surface area contributed by atoms with Crippen LogP contribution in [-0.2, 0) is 20.9 Å². The molecule has 1 aromatic rings. The van der Waals surface area contributed by atoms with Gasteiger partial charge >= 0.3 is 5.97 Å². The van der Waals surface area contributed by atoms with Gasteiger partial charge in [0.05, 0.1) is 6.61 Å². The number of rotatable bonds is 3. The summed E-state index contributed by atoms with van der Waals surface area (Å²) in [5, 5.41) is 9.12. The molecule has 0 aliphatic carbocycles. The van der Waals surface area contributed by atoms with Gasteiger partial charge in [-0.3, -0.25) is 4.79 Å². The van der Waals surface area contributed by atoms with E-state index in [1.165, 1.54) is 4.90 Å². The van der Waals surface area contributed by atoms with Gasteiger partial charge in [-0.15, -0.1) is 0 Å². The Bertz CT molecular complexity index is 446. The Kier molecular flexibility index (Phi) is 3.62. The van der Waals surface area contributed by atoms with E-state index in [4.69, 9.17) is 9.84 Å². The van der Waals surface area contributed by atoms with E-state index in [1.807, 2.05) is 30.3 Å². The van der Waals surface area contributed by atoms with Gasteiger partial charge in [-0.1, -0.05) is 30.3 Å². The number of hydrogen-bond acceptors (Lipinski definition) is 3. The van der Waals surface area contributed by atoms with Crippen molar-refractivity contribution in [1.82, 2.24) is 4.90 Å². The zero-order valence-corrected chi connectivity index (χ0v) is 10.1. The van der Waals surface area contributed by atoms with Crippen molar-refractivity contribution in [3.63, 3.8) is 0 Å². The summed E-state index contributed by atoms with van der Waals surface area (Å²) >= 11 is 0. The molecular weight excluding hydrogens is 234 g/mol. The van der Waals surface area contributed by atoms with Crippen LogP contribution in [0.5, 0.6) is 0 Å². The minimum Gasteiger partial charge on any atom is -0.480 e. The predicted octanol–water partition coefficient (Wildman–Crippen LogP) is 0.887. The van der Waals surface area contributed by atoms with Crippen LogP contribution < -0.4 is 0 Å². The largest absolute Gasteiger partial charge is 0.480 e. The molecule has 5 heteroatoms. The number of carbonyl (C=O) groups is 2. The highest BCUT2D eigenvalue weighted by Gasteiger charge is 2.37. The first kappa shape index (κ1) is 12.6. The lowest BCUT2D eigenvalue weighted by Crippen LogP contribution is -2.55. The molecule has 0 spiro atoms. The summed E-state index contributed by atoms with van der Waals surface area (Å²) in [7, 11) is 0. The van der Waals surface area contributed by atoms with Crippen molar-refractivity contribution in [2.45, 2.75) is 25.6 Å². The zero-order chi connectivity index (χ0) is 13.1. The highest BCUT2D eigenvalue weighted by atomic mass is 16.5. The molecule has 1 saturated heterocycles. The molecule has 1 aliphatic rings. The third kappa shape index (κ3) is 2.51. The van der Waals surface area contributed by atoms with Gasteiger partial charge in [-0.2, -0.15) is 0 Å². The molecule has 0 aromatic heterocycles. The molecule has 1 amide bonds. The first-order valence-corrected chi connectivity index (χ1v) is 5.78. The average molecular weight is 249 g/mol. The Morgan fingerprint density at radius 2 is 2.11 bits per heavy atom. The monoisotopic (exact) mass is 249 g/mol. The van der Waals surface area contributed by atoms with E-state index in [9.17, 15) is 9.59 Å². The van der Waals surface area contributed by atoms with E-state index in [2.05, 4.69) is 0 Å². The van der Waals surface area contributed by atoms with Gasteiger partial charge in [0.25, 0.3) is 5.91 Å². The molecule has 5 nitrogen and oxygen atoms in total. The topological polar surface area (TPSA) is 66.8 Å². The average Bonchev–Trinajstić information content (AvgIpc) is 2.36. The van der Waals surface area contributed by atoms with Gasteiger partial charge in [-0.05, 0) is 12.5 Å². The van der Waals surface area contributed by atoms with Crippen LogP contribution in [-0.4, -0.2) is 40.6 Å². The van der Waals surface area contributed by atoms with Crippen LogP contribution in [0.2, 0.25) is 0 Å². The van der Waals surface area contributed by atoms with Crippen LogP contribution in [0.4, 0.5) is 0 Å². The summed E-state index contributed by atoms with van der Waals surface area (Å²) in [5.41, 5.74) is 0.909. The standard InChI is InChI=1S/C13H15NO4/c1-9-12(15)14(11(8-18-9)13(16)17)7-10-5-3-2-4-6-10/h2-6,9,11H,7-8H2,1H3,(H,16,17). The number of hydrogen-bond donors (Lipinski definition) is 1. The number of benzene rings is 1. The molecule has 96 valence electrons. The molecule has 1 heterocycles.